The Kier molecular flexibility index (Phi) is 4.78. The lowest BCUT2D eigenvalue weighted by atomic mass is 10.1. The van der Waals surface area contributed by atoms with Crippen LogP contribution in [0.1, 0.15) is 16.8 Å². The maximum Gasteiger partial charge on any atom is 0.121 e. The zero-order chi connectivity index (χ0) is 17.8. The van der Waals surface area contributed by atoms with Gasteiger partial charge in [-0.3, -0.25) is 0 Å². The van der Waals surface area contributed by atoms with Gasteiger partial charge >= 0.3 is 0 Å². The number of furan rings is 1. The Morgan fingerprint density at radius 2 is 2.31 bits per heavy atom. The fourth-order valence-corrected chi connectivity index (χ4v) is 3.16. The summed E-state index contributed by atoms with van der Waals surface area (Å²) < 4.78 is 12.9. The summed E-state index contributed by atoms with van der Waals surface area (Å²) in [7, 11) is 0. The lowest BCUT2D eigenvalue weighted by molar-refractivity contribution is 0.0941. The Morgan fingerprint density at radius 3 is 3.15 bits per heavy atom. The van der Waals surface area contributed by atoms with Crippen molar-refractivity contribution in [1.82, 2.24) is 20.3 Å². The van der Waals surface area contributed by atoms with Crippen molar-refractivity contribution in [3.8, 4) is 17.3 Å². The first kappa shape index (κ1) is 16.5. The zero-order valence-corrected chi connectivity index (χ0v) is 14.3. The molecule has 1 aromatic carbocycles. The van der Waals surface area contributed by atoms with Gasteiger partial charge in [-0.25, -0.2) is 4.68 Å². The molecule has 0 radical (unpaired) electrons. The Morgan fingerprint density at radius 1 is 1.35 bits per heavy atom. The third kappa shape index (κ3) is 3.52. The van der Waals surface area contributed by atoms with Crippen LogP contribution in [-0.2, 0) is 24.4 Å². The molecule has 132 valence electrons. The number of aromatic nitrogens is 3. The van der Waals surface area contributed by atoms with E-state index in [9.17, 15) is 0 Å². The Labute approximate surface area is 151 Å². The highest BCUT2D eigenvalue weighted by Crippen LogP contribution is 2.24. The summed E-state index contributed by atoms with van der Waals surface area (Å²) in [5, 5.41) is 21.0. The molecule has 7 nitrogen and oxygen atoms in total. The summed E-state index contributed by atoms with van der Waals surface area (Å²) >= 11 is 0. The molecule has 1 aliphatic heterocycles. The van der Waals surface area contributed by atoms with Crippen LogP contribution in [0.15, 0.2) is 47.3 Å². The monoisotopic (exact) mass is 349 g/mol. The number of fused-ring (bicyclic) bond motifs is 1. The van der Waals surface area contributed by atoms with E-state index in [0.717, 1.165) is 42.1 Å². The molecule has 0 bridgehead atoms. The summed E-state index contributed by atoms with van der Waals surface area (Å²) in [6.07, 6.45) is 3.30. The van der Waals surface area contributed by atoms with Crippen LogP contribution >= 0.6 is 0 Å². The van der Waals surface area contributed by atoms with E-state index < -0.39 is 0 Å². The number of ether oxygens (including phenoxy) is 1. The van der Waals surface area contributed by atoms with Crippen LogP contribution in [0.4, 0.5) is 0 Å². The molecule has 0 fully saturated rings. The van der Waals surface area contributed by atoms with E-state index in [0.29, 0.717) is 24.7 Å². The first-order valence-electron chi connectivity index (χ1n) is 8.56. The number of benzene rings is 1. The molecule has 0 saturated heterocycles. The average Bonchev–Trinajstić information content (AvgIpc) is 3.28. The van der Waals surface area contributed by atoms with Gasteiger partial charge in [0, 0.05) is 31.1 Å². The van der Waals surface area contributed by atoms with Crippen molar-refractivity contribution < 1.29 is 9.15 Å². The predicted molar refractivity (Wildman–Crippen MR) is 93.7 cm³/mol. The van der Waals surface area contributed by atoms with Gasteiger partial charge in [0.15, 0.2) is 0 Å². The molecule has 4 rings (SSSR count). The minimum atomic E-state index is 0.300. The lowest BCUT2D eigenvalue weighted by Crippen LogP contribution is -2.28. The fourth-order valence-electron chi connectivity index (χ4n) is 3.16. The minimum absolute atomic E-state index is 0.300. The Bertz CT molecular complexity index is 910. The standard InChI is InChI=1S/C19H19N5O2/c20-7-14-2-1-3-15(6-14)8-21-9-16-10-24-18(13-26-11-16)19(22-23-24)17-4-5-25-12-17/h1-6,12,16,21H,8-11,13H2. The van der Waals surface area contributed by atoms with Gasteiger partial charge < -0.3 is 14.5 Å². The molecular formula is C19H19N5O2. The first-order valence-corrected chi connectivity index (χ1v) is 8.56. The van der Waals surface area contributed by atoms with Crippen molar-refractivity contribution in [2.45, 2.75) is 19.7 Å². The van der Waals surface area contributed by atoms with E-state index in [-0.39, 0.29) is 0 Å². The molecule has 0 saturated carbocycles. The van der Waals surface area contributed by atoms with Gasteiger partial charge in [0.25, 0.3) is 0 Å². The van der Waals surface area contributed by atoms with Crippen molar-refractivity contribution in [3.05, 3.63) is 59.7 Å². The largest absolute Gasteiger partial charge is 0.472 e. The SMILES string of the molecule is N#Cc1cccc(CNCC2COCc3c(-c4ccoc4)nnn3C2)c1. The maximum absolute atomic E-state index is 8.98. The molecule has 1 unspecified atom stereocenters. The number of nitrogens with zero attached hydrogens (tertiary/aromatic N) is 4. The van der Waals surface area contributed by atoms with Crippen LogP contribution in [0.5, 0.6) is 0 Å². The second-order valence-electron chi connectivity index (χ2n) is 6.40. The van der Waals surface area contributed by atoms with E-state index in [2.05, 4.69) is 21.7 Å². The molecule has 2 aromatic heterocycles. The van der Waals surface area contributed by atoms with Crippen molar-refractivity contribution in [2.24, 2.45) is 5.92 Å². The van der Waals surface area contributed by atoms with Crippen LogP contribution < -0.4 is 5.32 Å². The Hall–Kier alpha value is -2.95. The van der Waals surface area contributed by atoms with Gasteiger partial charge in [-0.15, -0.1) is 5.10 Å². The second-order valence-corrected chi connectivity index (χ2v) is 6.40. The molecule has 3 heterocycles. The second kappa shape index (κ2) is 7.52. The predicted octanol–water partition coefficient (Wildman–Crippen LogP) is 2.35. The van der Waals surface area contributed by atoms with Crippen molar-refractivity contribution in [3.63, 3.8) is 0 Å². The maximum atomic E-state index is 8.98. The van der Waals surface area contributed by atoms with Gasteiger partial charge in [0.1, 0.15) is 5.69 Å². The summed E-state index contributed by atoms with van der Waals surface area (Å²) in [5.74, 6) is 0.300. The molecule has 3 aromatic rings. The van der Waals surface area contributed by atoms with E-state index in [1.807, 2.05) is 35.0 Å². The summed E-state index contributed by atoms with van der Waals surface area (Å²) in [6.45, 7) is 3.44. The number of rotatable bonds is 5. The van der Waals surface area contributed by atoms with Gasteiger partial charge in [0.05, 0.1) is 43.1 Å². The normalized spacial score (nSPS) is 16.7. The molecular weight excluding hydrogens is 330 g/mol. The summed E-state index contributed by atoms with van der Waals surface area (Å²) in [4.78, 5) is 0. The molecule has 0 aliphatic carbocycles. The highest BCUT2D eigenvalue weighted by molar-refractivity contribution is 5.59. The number of nitrogens with one attached hydrogen (secondary N) is 1. The zero-order valence-electron chi connectivity index (χ0n) is 14.3. The first-order chi connectivity index (χ1) is 12.8. The molecule has 1 N–H and O–H groups in total. The molecule has 0 spiro atoms. The lowest BCUT2D eigenvalue weighted by Gasteiger charge is -2.15. The van der Waals surface area contributed by atoms with Gasteiger partial charge in [0.2, 0.25) is 0 Å². The fraction of sp³-hybridized carbons (Fsp3) is 0.316. The van der Waals surface area contributed by atoms with Crippen molar-refractivity contribution in [2.75, 3.05) is 13.2 Å². The highest BCUT2D eigenvalue weighted by Gasteiger charge is 2.22. The topological polar surface area (TPSA) is 88.9 Å². The van der Waals surface area contributed by atoms with Gasteiger partial charge in [-0.1, -0.05) is 17.3 Å². The molecule has 1 aliphatic rings. The third-order valence-electron chi connectivity index (χ3n) is 4.47. The van der Waals surface area contributed by atoms with Crippen LogP contribution in [0.25, 0.3) is 11.3 Å². The summed E-state index contributed by atoms with van der Waals surface area (Å²) in [5.41, 5.74) is 4.50. The minimum Gasteiger partial charge on any atom is -0.472 e. The number of nitriles is 1. The molecule has 7 heteroatoms. The average molecular weight is 349 g/mol. The van der Waals surface area contributed by atoms with E-state index in [1.54, 1.807) is 12.5 Å². The number of hydrogen-bond acceptors (Lipinski definition) is 6. The quantitative estimate of drug-likeness (QED) is 0.760. The van der Waals surface area contributed by atoms with Crippen molar-refractivity contribution in [1.29, 1.82) is 5.26 Å². The van der Waals surface area contributed by atoms with E-state index in [4.69, 9.17) is 14.4 Å². The highest BCUT2D eigenvalue weighted by atomic mass is 16.5. The van der Waals surface area contributed by atoms with Crippen LogP contribution in [0.2, 0.25) is 0 Å². The Balaban J connectivity index is 1.38. The summed E-state index contributed by atoms with van der Waals surface area (Å²) in [6, 6.07) is 11.7. The van der Waals surface area contributed by atoms with Crippen LogP contribution in [-0.4, -0.2) is 28.1 Å². The number of hydrogen-bond donors (Lipinski definition) is 1. The molecule has 1 atom stereocenters. The smallest absolute Gasteiger partial charge is 0.121 e. The van der Waals surface area contributed by atoms with E-state index in [1.165, 1.54) is 0 Å². The third-order valence-corrected chi connectivity index (χ3v) is 4.47. The van der Waals surface area contributed by atoms with Crippen LogP contribution in [0, 0.1) is 17.2 Å². The molecule has 26 heavy (non-hydrogen) atoms. The van der Waals surface area contributed by atoms with Crippen molar-refractivity contribution >= 4 is 0 Å². The van der Waals surface area contributed by atoms with Gasteiger partial charge in [-0.05, 0) is 23.8 Å². The van der Waals surface area contributed by atoms with E-state index >= 15 is 0 Å². The van der Waals surface area contributed by atoms with Crippen LogP contribution in [0.3, 0.4) is 0 Å². The molecule has 0 amide bonds. The van der Waals surface area contributed by atoms with Gasteiger partial charge in [-0.2, -0.15) is 5.26 Å².